The molecule has 100 valence electrons. The van der Waals surface area contributed by atoms with E-state index in [9.17, 15) is 0 Å². The van der Waals surface area contributed by atoms with Gasteiger partial charge in [-0.15, -0.1) is 11.3 Å². The molecule has 2 fully saturated rings. The van der Waals surface area contributed by atoms with Gasteiger partial charge in [-0.25, -0.2) is 4.98 Å². The maximum Gasteiger partial charge on any atom is 0.0959 e. The summed E-state index contributed by atoms with van der Waals surface area (Å²) in [6, 6.07) is 0. The molecule has 1 aromatic heterocycles. The zero-order valence-corrected chi connectivity index (χ0v) is 12.2. The molecule has 1 heterocycles. The van der Waals surface area contributed by atoms with E-state index >= 15 is 0 Å². The number of nitrogens with one attached hydrogen (secondary N) is 1. The van der Waals surface area contributed by atoms with Crippen molar-refractivity contribution in [3.8, 4) is 0 Å². The van der Waals surface area contributed by atoms with E-state index in [1.165, 1.54) is 62.1 Å². The Bertz CT molecular complexity index is 389. The van der Waals surface area contributed by atoms with Crippen LogP contribution in [-0.2, 0) is 5.41 Å². The van der Waals surface area contributed by atoms with Crippen LogP contribution in [0.1, 0.15) is 68.0 Å². The molecule has 0 saturated heterocycles. The first-order chi connectivity index (χ1) is 8.84. The Hall–Kier alpha value is -0.410. The van der Waals surface area contributed by atoms with Gasteiger partial charge in [0.1, 0.15) is 0 Å². The molecular weight excluding hydrogens is 240 g/mol. The molecule has 2 nitrogen and oxygen atoms in total. The molecule has 3 heteroatoms. The minimum atomic E-state index is 0.373. The number of nitrogens with zero attached hydrogens (tertiary/aromatic N) is 1. The molecule has 1 aromatic rings. The summed E-state index contributed by atoms with van der Waals surface area (Å²) in [5, 5.41) is 7.13. The molecule has 18 heavy (non-hydrogen) atoms. The fourth-order valence-corrected chi connectivity index (χ4v) is 4.65. The van der Waals surface area contributed by atoms with Crippen molar-refractivity contribution in [1.82, 2.24) is 10.3 Å². The maximum absolute atomic E-state index is 5.03. The van der Waals surface area contributed by atoms with Gasteiger partial charge in [-0.3, -0.25) is 0 Å². The summed E-state index contributed by atoms with van der Waals surface area (Å²) in [5.74, 6) is 0.768. The quantitative estimate of drug-likeness (QED) is 0.894. The van der Waals surface area contributed by atoms with Crippen LogP contribution in [-0.4, -0.2) is 18.6 Å². The topological polar surface area (TPSA) is 24.9 Å². The number of likely N-dealkylation sites (N-methyl/N-ethyl adjacent to an activating group) is 1. The van der Waals surface area contributed by atoms with Crippen LogP contribution in [0.15, 0.2) is 5.38 Å². The second-order valence-corrected chi connectivity index (χ2v) is 6.96. The molecule has 0 atom stereocenters. The lowest BCUT2D eigenvalue weighted by Crippen LogP contribution is -2.43. The minimum Gasteiger partial charge on any atom is -0.319 e. The Morgan fingerprint density at radius 3 is 2.67 bits per heavy atom. The normalized spacial score (nSPS) is 23.8. The van der Waals surface area contributed by atoms with E-state index in [0.29, 0.717) is 5.41 Å². The lowest BCUT2D eigenvalue weighted by molar-refractivity contribution is 0.232. The first-order valence-electron chi connectivity index (χ1n) is 7.45. The Labute approximate surface area is 114 Å². The number of hydrogen-bond donors (Lipinski definition) is 1. The summed E-state index contributed by atoms with van der Waals surface area (Å²) in [5.41, 5.74) is 1.76. The summed E-state index contributed by atoms with van der Waals surface area (Å²) in [7, 11) is 2.06. The molecule has 0 radical (unpaired) electrons. The predicted molar refractivity (Wildman–Crippen MR) is 77.4 cm³/mol. The SMILES string of the molecule is CNCC1(c2csc(C3CCCCC3)n2)CCC1. The second kappa shape index (κ2) is 5.30. The van der Waals surface area contributed by atoms with Crippen LogP contribution in [0.25, 0.3) is 0 Å². The highest BCUT2D eigenvalue weighted by Crippen LogP contribution is 2.44. The minimum absolute atomic E-state index is 0.373. The number of rotatable bonds is 4. The van der Waals surface area contributed by atoms with Crippen molar-refractivity contribution in [2.45, 2.75) is 62.7 Å². The molecule has 0 spiro atoms. The van der Waals surface area contributed by atoms with Crippen LogP contribution in [0, 0.1) is 0 Å². The zero-order chi connectivity index (χ0) is 12.4. The molecule has 0 aromatic carbocycles. The zero-order valence-electron chi connectivity index (χ0n) is 11.4. The van der Waals surface area contributed by atoms with Crippen LogP contribution < -0.4 is 5.32 Å². The standard InChI is InChI=1S/C15H24N2S/c1-16-11-15(8-5-9-15)13-10-18-14(17-13)12-6-3-2-4-7-12/h10,12,16H,2-9,11H2,1H3. The maximum atomic E-state index is 5.03. The van der Waals surface area contributed by atoms with Crippen LogP contribution in [0.2, 0.25) is 0 Å². The van der Waals surface area contributed by atoms with Gasteiger partial charge in [0, 0.05) is 23.3 Å². The number of aromatic nitrogens is 1. The molecule has 0 amide bonds. The monoisotopic (exact) mass is 264 g/mol. The fraction of sp³-hybridized carbons (Fsp3) is 0.800. The van der Waals surface area contributed by atoms with E-state index in [0.717, 1.165) is 12.5 Å². The van der Waals surface area contributed by atoms with Crippen molar-refractivity contribution < 1.29 is 0 Å². The highest BCUT2D eigenvalue weighted by atomic mass is 32.1. The smallest absolute Gasteiger partial charge is 0.0959 e. The highest BCUT2D eigenvalue weighted by Gasteiger charge is 2.40. The molecule has 2 saturated carbocycles. The summed E-state index contributed by atoms with van der Waals surface area (Å²) in [6.45, 7) is 1.10. The third kappa shape index (κ3) is 2.23. The predicted octanol–water partition coefficient (Wildman–Crippen LogP) is 3.83. The molecular formula is C15H24N2S. The largest absolute Gasteiger partial charge is 0.319 e. The lowest BCUT2D eigenvalue weighted by atomic mass is 9.67. The van der Waals surface area contributed by atoms with Crippen LogP contribution in [0.4, 0.5) is 0 Å². The van der Waals surface area contributed by atoms with E-state index in [2.05, 4.69) is 17.7 Å². The van der Waals surface area contributed by atoms with Crippen molar-refractivity contribution in [2.24, 2.45) is 0 Å². The lowest BCUT2D eigenvalue weighted by Gasteiger charge is -2.40. The van der Waals surface area contributed by atoms with Crippen molar-refractivity contribution >= 4 is 11.3 Å². The summed E-state index contributed by atoms with van der Waals surface area (Å²) >= 11 is 1.92. The van der Waals surface area contributed by atoms with E-state index in [4.69, 9.17) is 4.98 Å². The van der Waals surface area contributed by atoms with Crippen LogP contribution in [0.3, 0.4) is 0 Å². The van der Waals surface area contributed by atoms with E-state index in [1.54, 1.807) is 0 Å². The van der Waals surface area contributed by atoms with Crippen molar-refractivity contribution in [2.75, 3.05) is 13.6 Å². The molecule has 0 unspecified atom stereocenters. The van der Waals surface area contributed by atoms with Crippen molar-refractivity contribution in [3.63, 3.8) is 0 Å². The fourth-order valence-electron chi connectivity index (χ4n) is 3.53. The third-order valence-corrected chi connectivity index (χ3v) is 5.85. The van der Waals surface area contributed by atoms with Crippen LogP contribution in [0.5, 0.6) is 0 Å². The molecule has 2 aliphatic carbocycles. The van der Waals surface area contributed by atoms with Gasteiger partial charge < -0.3 is 5.32 Å². The average Bonchev–Trinajstić information content (AvgIpc) is 2.84. The second-order valence-electron chi connectivity index (χ2n) is 6.07. The molecule has 0 bridgehead atoms. The molecule has 2 aliphatic rings. The Morgan fingerprint density at radius 1 is 1.28 bits per heavy atom. The van der Waals surface area contributed by atoms with Crippen LogP contribution >= 0.6 is 11.3 Å². The number of thiazole rings is 1. The first kappa shape index (κ1) is 12.6. The highest BCUT2D eigenvalue weighted by molar-refractivity contribution is 7.09. The van der Waals surface area contributed by atoms with E-state index in [-0.39, 0.29) is 0 Å². The number of hydrogen-bond acceptors (Lipinski definition) is 3. The molecule has 1 N–H and O–H groups in total. The summed E-state index contributed by atoms with van der Waals surface area (Å²) in [4.78, 5) is 5.03. The molecule has 3 rings (SSSR count). The van der Waals surface area contributed by atoms with Gasteiger partial charge in [0.15, 0.2) is 0 Å². The van der Waals surface area contributed by atoms with E-state index in [1.807, 2.05) is 11.3 Å². The van der Waals surface area contributed by atoms with Gasteiger partial charge in [-0.1, -0.05) is 25.7 Å². The third-order valence-electron chi connectivity index (χ3n) is 4.85. The van der Waals surface area contributed by atoms with Crippen molar-refractivity contribution in [3.05, 3.63) is 16.1 Å². The Morgan fingerprint density at radius 2 is 2.06 bits per heavy atom. The first-order valence-corrected chi connectivity index (χ1v) is 8.32. The Balaban J connectivity index is 1.75. The van der Waals surface area contributed by atoms with Gasteiger partial charge >= 0.3 is 0 Å². The van der Waals surface area contributed by atoms with Gasteiger partial charge in [0.25, 0.3) is 0 Å². The molecule has 0 aliphatic heterocycles. The summed E-state index contributed by atoms with van der Waals surface area (Å²) < 4.78 is 0. The van der Waals surface area contributed by atoms with Gasteiger partial charge in [0.05, 0.1) is 10.7 Å². The summed E-state index contributed by atoms with van der Waals surface area (Å²) in [6.07, 6.45) is 11.0. The van der Waals surface area contributed by atoms with Crippen molar-refractivity contribution in [1.29, 1.82) is 0 Å². The van der Waals surface area contributed by atoms with E-state index < -0.39 is 0 Å². The van der Waals surface area contributed by atoms with Gasteiger partial charge in [-0.05, 0) is 32.7 Å². The average molecular weight is 264 g/mol. The Kier molecular flexibility index (Phi) is 3.71. The van der Waals surface area contributed by atoms with Gasteiger partial charge in [0.2, 0.25) is 0 Å². The van der Waals surface area contributed by atoms with Gasteiger partial charge in [-0.2, -0.15) is 0 Å².